The Bertz CT molecular complexity index is 1270. The molecule has 1 aliphatic heterocycles. The van der Waals surface area contributed by atoms with Gasteiger partial charge in [-0.2, -0.15) is 4.98 Å². The molecule has 4 aromatic rings. The Kier molecular flexibility index (Phi) is 5.97. The van der Waals surface area contributed by atoms with Crippen LogP contribution in [0.15, 0.2) is 54.6 Å². The summed E-state index contributed by atoms with van der Waals surface area (Å²) in [6, 6.07) is 16.9. The summed E-state index contributed by atoms with van der Waals surface area (Å²) in [4.78, 5) is 30.9. The molecule has 0 bridgehead atoms. The first-order chi connectivity index (χ1) is 16.1. The van der Waals surface area contributed by atoms with Gasteiger partial charge in [0, 0.05) is 36.8 Å². The van der Waals surface area contributed by atoms with Gasteiger partial charge in [0.1, 0.15) is 16.3 Å². The first kappa shape index (κ1) is 21.4. The number of amides is 1. The van der Waals surface area contributed by atoms with Crippen molar-refractivity contribution in [2.24, 2.45) is 0 Å². The molecular weight excluding hydrogens is 460 g/mol. The highest BCUT2D eigenvalue weighted by Gasteiger charge is 2.25. The largest absolute Gasteiger partial charge is 0.484 e. The molecule has 0 atom stereocenters. The highest BCUT2D eigenvalue weighted by molar-refractivity contribution is 7.21. The van der Waals surface area contributed by atoms with Gasteiger partial charge >= 0.3 is 0 Å². The van der Waals surface area contributed by atoms with Gasteiger partial charge in [0.05, 0.1) is 0 Å². The zero-order chi connectivity index (χ0) is 22.8. The second kappa shape index (κ2) is 9.21. The molecule has 1 saturated heterocycles. The molecular formula is C23H21ClN6O2S. The van der Waals surface area contributed by atoms with Gasteiger partial charge in [-0.05, 0) is 24.3 Å². The first-order valence-electron chi connectivity index (χ1n) is 10.5. The van der Waals surface area contributed by atoms with E-state index in [1.165, 1.54) is 11.3 Å². The minimum atomic E-state index is -0.0584. The molecule has 8 nitrogen and oxygen atoms in total. The molecule has 10 heteroatoms. The predicted molar refractivity (Wildman–Crippen MR) is 131 cm³/mol. The number of nitrogens with two attached hydrogens (primary N) is 1. The van der Waals surface area contributed by atoms with Crippen molar-refractivity contribution in [3.05, 3.63) is 59.6 Å². The zero-order valence-corrected chi connectivity index (χ0v) is 19.2. The Labute approximate surface area is 199 Å². The number of thiazole rings is 1. The summed E-state index contributed by atoms with van der Waals surface area (Å²) >= 11 is 7.38. The summed E-state index contributed by atoms with van der Waals surface area (Å²) < 4.78 is 5.60. The van der Waals surface area contributed by atoms with Crippen LogP contribution in [0.3, 0.4) is 0 Å². The summed E-state index contributed by atoms with van der Waals surface area (Å²) in [6.45, 7) is 2.35. The lowest BCUT2D eigenvalue weighted by Crippen LogP contribution is -2.50. The van der Waals surface area contributed by atoms with E-state index in [4.69, 9.17) is 27.1 Å². The minimum absolute atomic E-state index is 0.0150. The van der Waals surface area contributed by atoms with Crippen LogP contribution >= 0.6 is 22.9 Å². The maximum absolute atomic E-state index is 12.6. The van der Waals surface area contributed by atoms with Crippen LogP contribution in [0.25, 0.3) is 20.9 Å². The van der Waals surface area contributed by atoms with Crippen LogP contribution < -0.4 is 15.4 Å². The fraction of sp³-hybridized carbons (Fsp3) is 0.217. The number of fused-ring (bicyclic) bond motifs is 1. The fourth-order valence-electron chi connectivity index (χ4n) is 3.68. The number of hydrogen-bond donors (Lipinski definition) is 1. The van der Waals surface area contributed by atoms with E-state index in [-0.39, 0.29) is 18.5 Å². The van der Waals surface area contributed by atoms with Crippen molar-refractivity contribution in [3.8, 4) is 16.3 Å². The summed E-state index contributed by atoms with van der Waals surface area (Å²) in [5.41, 5.74) is 7.76. The van der Waals surface area contributed by atoms with E-state index in [0.29, 0.717) is 42.8 Å². The highest BCUT2D eigenvalue weighted by atomic mass is 35.5. The number of nitrogens with zero attached hydrogens (tertiary/aromatic N) is 5. The SMILES string of the molecule is Nc1nc(N2CCN(C(=O)COc3ccc(Cl)cc3)CC2)c2nc(-c3ccccc3)sc2n1. The van der Waals surface area contributed by atoms with Gasteiger partial charge in [-0.15, -0.1) is 0 Å². The van der Waals surface area contributed by atoms with E-state index in [0.717, 1.165) is 20.9 Å². The summed E-state index contributed by atoms with van der Waals surface area (Å²) in [6.07, 6.45) is 0. The van der Waals surface area contributed by atoms with Crippen molar-refractivity contribution in [1.82, 2.24) is 19.9 Å². The molecule has 3 heterocycles. The Morgan fingerprint density at radius 2 is 1.73 bits per heavy atom. The van der Waals surface area contributed by atoms with Crippen molar-refractivity contribution in [1.29, 1.82) is 0 Å². The zero-order valence-electron chi connectivity index (χ0n) is 17.6. The van der Waals surface area contributed by atoms with E-state index in [9.17, 15) is 4.79 Å². The number of halogens is 1. The van der Waals surface area contributed by atoms with Gasteiger partial charge in [-0.25, -0.2) is 9.97 Å². The van der Waals surface area contributed by atoms with Crippen LogP contribution in [0.4, 0.5) is 11.8 Å². The van der Waals surface area contributed by atoms with Gasteiger partial charge in [-0.1, -0.05) is 53.3 Å². The van der Waals surface area contributed by atoms with Crippen LogP contribution in [-0.4, -0.2) is 58.5 Å². The minimum Gasteiger partial charge on any atom is -0.484 e. The Balaban J connectivity index is 1.27. The van der Waals surface area contributed by atoms with E-state index < -0.39 is 0 Å². The third kappa shape index (κ3) is 4.69. The van der Waals surface area contributed by atoms with Crippen LogP contribution in [-0.2, 0) is 4.79 Å². The molecule has 0 spiro atoms. The smallest absolute Gasteiger partial charge is 0.260 e. The van der Waals surface area contributed by atoms with E-state index in [1.807, 2.05) is 30.3 Å². The lowest BCUT2D eigenvalue weighted by molar-refractivity contribution is -0.133. The standard InChI is InChI=1S/C23H21ClN6O2S/c24-16-6-8-17(9-7-16)32-14-18(31)29-10-12-30(13-11-29)20-19-22(28-23(25)27-20)33-21(26-19)15-4-2-1-3-5-15/h1-9H,10-14H2,(H2,25,27,28). The number of carbonyl (C=O) groups is 1. The highest BCUT2D eigenvalue weighted by Crippen LogP contribution is 2.34. The van der Waals surface area contributed by atoms with Crippen LogP contribution in [0.1, 0.15) is 0 Å². The number of aromatic nitrogens is 3. The molecule has 0 saturated carbocycles. The van der Waals surface area contributed by atoms with Crippen molar-refractivity contribution >= 4 is 51.0 Å². The van der Waals surface area contributed by atoms with Gasteiger partial charge < -0.3 is 20.3 Å². The molecule has 33 heavy (non-hydrogen) atoms. The van der Waals surface area contributed by atoms with Gasteiger partial charge in [-0.3, -0.25) is 4.79 Å². The van der Waals surface area contributed by atoms with Gasteiger partial charge in [0.15, 0.2) is 17.3 Å². The number of rotatable bonds is 5. The molecule has 1 fully saturated rings. The molecule has 2 N–H and O–H groups in total. The molecule has 2 aromatic carbocycles. The normalized spacial score (nSPS) is 14.0. The van der Waals surface area contributed by atoms with Gasteiger partial charge in [0.2, 0.25) is 5.95 Å². The monoisotopic (exact) mass is 480 g/mol. The Hall–Kier alpha value is -3.43. The average Bonchev–Trinajstić information content (AvgIpc) is 3.28. The summed E-state index contributed by atoms with van der Waals surface area (Å²) in [5, 5.41) is 1.50. The van der Waals surface area contributed by atoms with Crippen LogP contribution in [0, 0.1) is 0 Å². The third-order valence-electron chi connectivity index (χ3n) is 5.39. The fourth-order valence-corrected chi connectivity index (χ4v) is 4.76. The van der Waals surface area contributed by atoms with Crippen LogP contribution in [0.2, 0.25) is 5.02 Å². The second-order valence-corrected chi connectivity index (χ2v) is 8.97. The molecule has 0 aliphatic carbocycles. The van der Waals surface area contributed by atoms with E-state index in [2.05, 4.69) is 14.9 Å². The Morgan fingerprint density at radius 3 is 2.45 bits per heavy atom. The topological polar surface area (TPSA) is 97.5 Å². The van der Waals surface area contributed by atoms with Gasteiger partial charge in [0.25, 0.3) is 5.91 Å². The number of anilines is 2. The summed E-state index contributed by atoms with van der Waals surface area (Å²) in [5.74, 6) is 1.48. The number of benzene rings is 2. The number of hydrogen-bond acceptors (Lipinski definition) is 8. The van der Waals surface area contributed by atoms with E-state index >= 15 is 0 Å². The van der Waals surface area contributed by atoms with Crippen molar-refractivity contribution in [3.63, 3.8) is 0 Å². The predicted octanol–water partition coefficient (Wildman–Crippen LogP) is 3.72. The number of carbonyl (C=O) groups excluding carboxylic acids is 1. The lowest BCUT2D eigenvalue weighted by Gasteiger charge is -2.35. The van der Waals surface area contributed by atoms with Crippen molar-refractivity contribution < 1.29 is 9.53 Å². The summed E-state index contributed by atoms with van der Waals surface area (Å²) in [7, 11) is 0. The molecule has 0 radical (unpaired) electrons. The molecule has 0 unspecified atom stereocenters. The molecule has 2 aromatic heterocycles. The molecule has 1 amide bonds. The lowest BCUT2D eigenvalue weighted by atomic mass is 10.2. The second-order valence-electron chi connectivity index (χ2n) is 7.55. The maximum Gasteiger partial charge on any atom is 0.260 e. The Morgan fingerprint density at radius 1 is 1.00 bits per heavy atom. The quantitative estimate of drug-likeness (QED) is 0.465. The number of ether oxygens (including phenoxy) is 1. The first-order valence-corrected chi connectivity index (χ1v) is 11.7. The van der Waals surface area contributed by atoms with Crippen LogP contribution in [0.5, 0.6) is 5.75 Å². The van der Waals surface area contributed by atoms with Crippen molar-refractivity contribution in [2.75, 3.05) is 43.4 Å². The van der Waals surface area contributed by atoms with E-state index in [1.54, 1.807) is 29.2 Å². The average molecular weight is 481 g/mol. The third-order valence-corrected chi connectivity index (χ3v) is 6.64. The number of piperazine rings is 1. The number of nitrogen functional groups attached to an aromatic ring is 1. The van der Waals surface area contributed by atoms with Crippen molar-refractivity contribution in [2.45, 2.75) is 0 Å². The maximum atomic E-state index is 12.6. The molecule has 168 valence electrons. The molecule has 5 rings (SSSR count). The molecule has 1 aliphatic rings.